The number of pyridine rings is 1. The molecule has 2 rings (SSSR count). The average Bonchev–Trinajstić information content (AvgIpc) is 2.60. The molecule has 0 fully saturated rings. The maximum atomic E-state index is 12.4. The van der Waals surface area contributed by atoms with Crippen molar-refractivity contribution in [3.63, 3.8) is 0 Å². The fraction of sp³-hybridized carbons (Fsp3) is 0.333. The number of urea groups is 1. The minimum absolute atomic E-state index is 0.252. The molecule has 0 aliphatic carbocycles. The summed E-state index contributed by atoms with van der Waals surface area (Å²) in [6, 6.07) is 1.02. The van der Waals surface area contributed by atoms with Gasteiger partial charge in [0, 0.05) is 19.6 Å². The zero-order valence-electron chi connectivity index (χ0n) is 14.3. The molecule has 2 amide bonds. The highest BCUT2D eigenvalue weighted by atomic mass is 32.2. The molecule has 148 valence electrons. The van der Waals surface area contributed by atoms with Crippen LogP contribution < -0.4 is 10.0 Å². The summed E-state index contributed by atoms with van der Waals surface area (Å²) in [5.74, 6) is -0.252. The summed E-state index contributed by atoms with van der Waals surface area (Å²) in [4.78, 5) is 27.4. The van der Waals surface area contributed by atoms with Gasteiger partial charge in [0.25, 0.3) is 16.4 Å². The first-order valence-corrected chi connectivity index (χ1v) is 10.4. The summed E-state index contributed by atoms with van der Waals surface area (Å²) < 4.78 is 54.8. The monoisotopic (exact) mass is 420 g/mol. The van der Waals surface area contributed by atoms with E-state index in [1.54, 1.807) is 4.72 Å². The topological polar surface area (TPSA) is 169 Å². The normalized spacial score (nSPS) is 17.4. The maximum Gasteiger partial charge on any atom is 0.335 e. The molecule has 0 radical (unpaired) electrons. The maximum absolute atomic E-state index is 12.4. The molecule has 0 bridgehead atoms. The molecular formula is C12H16N6O7S2. The largest absolute Gasteiger partial charge is 0.341 e. The second-order valence-electron chi connectivity index (χ2n) is 4.94. The van der Waals surface area contributed by atoms with Crippen LogP contribution in [0.15, 0.2) is 38.2 Å². The van der Waals surface area contributed by atoms with Crippen molar-refractivity contribution in [1.29, 1.82) is 0 Å². The summed E-state index contributed by atoms with van der Waals surface area (Å²) in [5, 5.41) is 2.55. The number of hydrogen-bond donors (Lipinski definition) is 2. The highest BCUT2D eigenvalue weighted by Gasteiger charge is 2.27. The number of guanidine groups is 1. The Kier molecular flexibility index (Phi) is 6.09. The number of methoxy groups -OCH3 is 1. The van der Waals surface area contributed by atoms with E-state index < -0.39 is 42.2 Å². The molecule has 0 saturated carbocycles. The number of ether oxygens (including phenoxy) is 1. The van der Waals surface area contributed by atoms with E-state index in [1.807, 2.05) is 0 Å². The molecule has 1 unspecified atom stereocenters. The predicted octanol–water partition coefficient (Wildman–Crippen LogP) is -1.34. The van der Waals surface area contributed by atoms with Crippen molar-refractivity contribution in [1.82, 2.24) is 20.1 Å². The van der Waals surface area contributed by atoms with Crippen molar-refractivity contribution in [2.24, 2.45) is 9.98 Å². The smallest absolute Gasteiger partial charge is 0.335 e. The Morgan fingerprint density at radius 3 is 2.56 bits per heavy atom. The zero-order valence-corrected chi connectivity index (χ0v) is 16.0. The molecule has 1 aromatic heterocycles. The third-order valence-electron chi connectivity index (χ3n) is 3.00. The first kappa shape index (κ1) is 20.7. The number of sulfonamides is 1. The van der Waals surface area contributed by atoms with Crippen LogP contribution in [0.25, 0.3) is 0 Å². The number of hydrogen-bond acceptors (Lipinski definition) is 11. The number of sulfone groups is 1. The Labute approximate surface area is 155 Å². The number of amides is 2. The van der Waals surface area contributed by atoms with Crippen molar-refractivity contribution in [3.05, 3.63) is 18.3 Å². The fourth-order valence-corrected chi connectivity index (χ4v) is 4.30. The van der Waals surface area contributed by atoms with Gasteiger partial charge < -0.3 is 4.74 Å². The Morgan fingerprint density at radius 2 is 1.96 bits per heavy atom. The number of nitrogens with one attached hydrogen (secondary N) is 2. The summed E-state index contributed by atoms with van der Waals surface area (Å²) in [6.07, 6.45) is 2.13. The lowest BCUT2D eigenvalue weighted by Crippen LogP contribution is -2.45. The summed E-state index contributed by atoms with van der Waals surface area (Å²) in [7, 11) is -5.80. The van der Waals surface area contributed by atoms with E-state index in [0.717, 1.165) is 29.9 Å². The van der Waals surface area contributed by atoms with Gasteiger partial charge in [-0.05, 0) is 12.1 Å². The van der Waals surface area contributed by atoms with E-state index in [1.165, 1.54) is 20.3 Å². The number of hydroxylamine groups is 2. The van der Waals surface area contributed by atoms with Crippen LogP contribution in [0.2, 0.25) is 0 Å². The quantitative estimate of drug-likeness (QED) is 0.585. The van der Waals surface area contributed by atoms with Gasteiger partial charge in [-0.25, -0.2) is 36.3 Å². The van der Waals surface area contributed by atoms with Crippen LogP contribution in [0.3, 0.4) is 0 Å². The van der Waals surface area contributed by atoms with Crippen LogP contribution in [0, 0.1) is 0 Å². The van der Waals surface area contributed by atoms with Crippen molar-refractivity contribution >= 4 is 38.2 Å². The first-order valence-electron chi connectivity index (χ1n) is 7.04. The molecule has 1 aromatic rings. The molecular weight excluding hydrogens is 404 g/mol. The first-order chi connectivity index (χ1) is 12.6. The minimum atomic E-state index is -4.54. The summed E-state index contributed by atoms with van der Waals surface area (Å²) in [5.41, 5.74) is 0. The van der Waals surface area contributed by atoms with Gasteiger partial charge in [-0.15, -0.1) is 0 Å². The Balaban J connectivity index is 2.19. The molecule has 1 aliphatic rings. The Bertz CT molecular complexity index is 989. The van der Waals surface area contributed by atoms with E-state index in [0.29, 0.717) is 0 Å². The number of rotatable bonds is 5. The molecule has 1 atom stereocenters. The number of aliphatic imine (C=N–C) groups is 2. The van der Waals surface area contributed by atoms with Gasteiger partial charge in [-0.3, -0.25) is 10.2 Å². The molecule has 27 heavy (non-hydrogen) atoms. The van der Waals surface area contributed by atoms with Gasteiger partial charge >= 0.3 is 6.03 Å². The minimum Gasteiger partial charge on any atom is -0.341 e. The highest BCUT2D eigenvalue weighted by molar-refractivity contribution is 7.93. The SMILES string of the molecule is COC1N=C(NC(=O)NS(=O)(=O)c2cccnc2S(C)(=O)=O)N=CN1OC. The molecule has 0 aromatic carbocycles. The van der Waals surface area contributed by atoms with E-state index in [9.17, 15) is 21.6 Å². The number of carbonyl (C=O) groups is 1. The molecule has 13 nitrogen and oxygen atoms in total. The van der Waals surface area contributed by atoms with Gasteiger partial charge in [0.15, 0.2) is 14.9 Å². The van der Waals surface area contributed by atoms with Crippen molar-refractivity contribution in [2.75, 3.05) is 20.5 Å². The molecule has 0 spiro atoms. The van der Waals surface area contributed by atoms with E-state index >= 15 is 0 Å². The molecule has 1 aliphatic heterocycles. The van der Waals surface area contributed by atoms with Crippen molar-refractivity contribution in [3.8, 4) is 0 Å². The molecule has 2 heterocycles. The molecule has 0 saturated heterocycles. The second kappa shape index (κ2) is 7.95. The number of carbonyl (C=O) groups excluding carboxylic acids is 1. The standard InChI is InChI=1S/C12H16N6O7S2/c1-24-12-16-10(14-7-18(12)25-2)15-11(19)17-27(22,23)8-5-4-6-13-9(8)26(3,20)21/h4-7,12H,1-3H3,(H2,15,16,17,19). The lowest BCUT2D eigenvalue weighted by Gasteiger charge is -2.25. The van der Waals surface area contributed by atoms with Gasteiger partial charge in [0.1, 0.15) is 11.2 Å². The van der Waals surface area contributed by atoms with Crippen molar-refractivity contribution in [2.45, 2.75) is 16.3 Å². The summed E-state index contributed by atoms with van der Waals surface area (Å²) >= 11 is 0. The molecule has 15 heteroatoms. The summed E-state index contributed by atoms with van der Waals surface area (Å²) in [6.45, 7) is 0. The Morgan fingerprint density at radius 1 is 1.26 bits per heavy atom. The van der Waals surface area contributed by atoms with Gasteiger partial charge in [0.2, 0.25) is 5.96 Å². The lowest BCUT2D eigenvalue weighted by atomic mass is 10.5. The van der Waals surface area contributed by atoms with Gasteiger partial charge in [-0.2, -0.15) is 10.1 Å². The van der Waals surface area contributed by atoms with Crippen LogP contribution in [0.1, 0.15) is 0 Å². The molecule has 2 N–H and O–H groups in total. The lowest BCUT2D eigenvalue weighted by molar-refractivity contribution is -0.171. The van der Waals surface area contributed by atoms with E-state index in [4.69, 9.17) is 9.57 Å². The fourth-order valence-electron chi connectivity index (χ4n) is 1.89. The number of nitrogens with zero attached hydrogens (tertiary/aromatic N) is 4. The van der Waals surface area contributed by atoms with E-state index in [2.05, 4.69) is 20.3 Å². The Hall–Kier alpha value is -2.62. The van der Waals surface area contributed by atoms with Crippen molar-refractivity contribution < 1.29 is 31.2 Å². The third-order valence-corrected chi connectivity index (χ3v) is 5.51. The average molecular weight is 420 g/mol. The van der Waals surface area contributed by atoms with Crippen LogP contribution in [-0.4, -0.2) is 72.0 Å². The van der Waals surface area contributed by atoms with Crippen LogP contribution >= 0.6 is 0 Å². The van der Waals surface area contributed by atoms with Crippen LogP contribution in [-0.2, 0) is 29.4 Å². The van der Waals surface area contributed by atoms with Crippen LogP contribution in [0.5, 0.6) is 0 Å². The predicted molar refractivity (Wildman–Crippen MR) is 91.8 cm³/mol. The number of aromatic nitrogens is 1. The van der Waals surface area contributed by atoms with Crippen LogP contribution in [0.4, 0.5) is 4.79 Å². The second-order valence-corrected chi connectivity index (χ2v) is 8.52. The van der Waals surface area contributed by atoms with E-state index in [-0.39, 0.29) is 5.96 Å². The van der Waals surface area contributed by atoms with Gasteiger partial charge in [-0.1, -0.05) is 0 Å². The zero-order chi connectivity index (χ0) is 20.2. The third kappa shape index (κ3) is 4.97. The van der Waals surface area contributed by atoms with Gasteiger partial charge in [0.05, 0.1) is 7.11 Å². The highest BCUT2D eigenvalue weighted by Crippen LogP contribution is 2.17.